The number of rotatable bonds is 3. The minimum absolute atomic E-state index is 0.442. The molecule has 2 rings (SSSR count). The zero-order chi connectivity index (χ0) is 11.8. The van der Waals surface area contributed by atoms with Crippen LogP contribution >= 0.6 is 11.6 Å². The highest BCUT2D eigenvalue weighted by Gasteiger charge is 2.41. The van der Waals surface area contributed by atoms with Crippen molar-refractivity contribution in [1.82, 2.24) is 0 Å². The van der Waals surface area contributed by atoms with Crippen LogP contribution in [-0.4, -0.2) is 27.4 Å². The molecule has 1 aliphatic heterocycles. The maximum atomic E-state index is 6.44. The molecule has 0 saturated carbocycles. The van der Waals surface area contributed by atoms with Crippen molar-refractivity contribution in [2.75, 3.05) is 27.4 Å². The van der Waals surface area contributed by atoms with E-state index in [1.807, 2.05) is 19.1 Å². The van der Waals surface area contributed by atoms with Crippen molar-refractivity contribution in [3.8, 4) is 11.5 Å². The van der Waals surface area contributed by atoms with Gasteiger partial charge in [-0.15, -0.1) is 11.6 Å². The van der Waals surface area contributed by atoms with Gasteiger partial charge in [-0.1, -0.05) is 0 Å². The molecule has 0 radical (unpaired) electrons. The van der Waals surface area contributed by atoms with E-state index in [0.29, 0.717) is 13.2 Å². The Balaban J connectivity index is 2.50. The van der Waals surface area contributed by atoms with Gasteiger partial charge in [0.15, 0.2) is 0 Å². The fourth-order valence-electron chi connectivity index (χ4n) is 1.95. The molecule has 0 aromatic heterocycles. The molecule has 88 valence electrons. The van der Waals surface area contributed by atoms with Gasteiger partial charge in [-0.2, -0.15) is 0 Å². The molecule has 1 aliphatic rings. The number of benzene rings is 1. The van der Waals surface area contributed by atoms with Gasteiger partial charge >= 0.3 is 0 Å². The van der Waals surface area contributed by atoms with E-state index in [0.717, 1.165) is 22.6 Å². The fourth-order valence-corrected chi connectivity index (χ4v) is 2.25. The molecule has 1 fully saturated rings. The molecule has 0 atom stereocenters. The Hall–Kier alpha value is -0.930. The van der Waals surface area contributed by atoms with Crippen LogP contribution in [0.2, 0.25) is 0 Å². The Kier molecular flexibility index (Phi) is 3.00. The Labute approximate surface area is 100 Å². The topological polar surface area (TPSA) is 27.7 Å². The molecular formula is C12H15ClO3. The van der Waals surface area contributed by atoms with Gasteiger partial charge in [-0.25, -0.2) is 0 Å². The smallest absolute Gasteiger partial charge is 0.130 e. The predicted octanol–water partition coefficient (Wildman–Crippen LogP) is 2.48. The highest BCUT2D eigenvalue weighted by Crippen LogP contribution is 2.44. The molecule has 0 aliphatic carbocycles. The van der Waals surface area contributed by atoms with Crippen LogP contribution in [0.1, 0.15) is 11.1 Å². The van der Waals surface area contributed by atoms with Gasteiger partial charge in [0, 0.05) is 11.1 Å². The number of alkyl halides is 1. The van der Waals surface area contributed by atoms with Gasteiger partial charge in [0.25, 0.3) is 0 Å². The Morgan fingerprint density at radius 3 is 2.38 bits per heavy atom. The first-order chi connectivity index (χ1) is 7.62. The molecule has 1 aromatic carbocycles. The van der Waals surface area contributed by atoms with Crippen molar-refractivity contribution in [2.45, 2.75) is 11.8 Å². The summed E-state index contributed by atoms with van der Waals surface area (Å²) in [5.74, 6) is 1.60. The normalized spacial score (nSPS) is 17.8. The Morgan fingerprint density at radius 1 is 1.25 bits per heavy atom. The predicted molar refractivity (Wildman–Crippen MR) is 62.6 cm³/mol. The van der Waals surface area contributed by atoms with Crippen LogP contribution in [0.3, 0.4) is 0 Å². The van der Waals surface area contributed by atoms with Crippen molar-refractivity contribution >= 4 is 11.6 Å². The second-order valence-corrected chi connectivity index (χ2v) is 4.66. The molecule has 0 unspecified atom stereocenters. The van der Waals surface area contributed by atoms with E-state index in [1.54, 1.807) is 14.2 Å². The summed E-state index contributed by atoms with van der Waals surface area (Å²) in [5.41, 5.74) is 1.94. The zero-order valence-electron chi connectivity index (χ0n) is 9.67. The van der Waals surface area contributed by atoms with Crippen molar-refractivity contribution in [1.29, 1.82) is 0 Å². The van der Waals surface area contributed by atoms with Crippen LogP contribution in [-0.2, 0) is 9.61 Å². The molecule has 16 heavy (non-hydrogen) atoms. The van der Waals surface area contributed by atoms with Crippen molar-refractivity contribution < 1.29 is 14.2 Å². The van der Waals surface area contributed by atoms with Crippen LogP contribution in [0.5, 0.6) is 11.5 Å². The number of methoxy groups -OCH3 is 2. The first-order valence-corrected chi connectivity index (χ1v) is 5.49. The molecule has 0 amide bonds. The van der Waals surface area contributed by atoms with Crippen molar-refractivity contribution in [3.63, 3.8) is 0 Å². The van der Waals surface area contributed by atoms with Crippen LogP contribution < -0.4 is 9.47 Å². The van der Waals surface area contributed by atoms with E-state index in [4.69, 9.17) is 25.8 Å². The van der Waals surface area contributed by atoms with Gasteiger partial charge in [-0.3, -0.25) is 0 Å². The number of halogens is 1. The lowest BCUT2D eigenvalue weighted by atomic mass is 9.93. The average molecular weight is 243 g/mol. The quantitative estimate of drug-likeness (QED) is 0.763. The summed E-state index contributed by atoms with van der Waals surface area (Å²) in [6.07, 6.45) is 0. The SMILES string of the molecule is COc1ccc(C2(Cl)COC2)c(OC)c1C. The molecule has 0 N–H and O–H groups in total. The highest BCUT2D eigenvalue weighted by atomic mass is 35.5. The third-order valence-corrected chi connectivity index (χ3v) is 3.35. The largest absolute Gasteiger partial charge is 0.496 e. The molecular weight excluding hydrogens is 228 g/mol. The first-order valence-electron chi connectivity index (χ1n) is 5.11. The number of ether oxygens (including phenoxy) is 3. The van der Waals surface area contributed by atoms with Gasteiger partial charge in [-0.05, 0) is 19.1 Å². The summed E-state index contributed by atoms with van der Waals surface area (Å²) in [4.78, 5) is -0.442. The molecule has 0 bridgehead atoms. The Bertz CT molecular complexity index is 399. The number of hydrogen-bond donors (Lipinski definition) is 0. The maximum Gasteiger partial charge on any atom is 0.130 e. The lowest BCUT2D eigenvalue weighted by molar-refractivity contribution is -0.0161. The summed E-state index contributed by atoms with van der Waals surface area (Å²) >= 11 is 6.44. The molecule has 1 heterocycles. The second kappa shape index (κ2) is 4.15. The number of hydrogen-bond acceptors (Lipinski definition) is 3. The van der Waals surface area contributed by atoms with Gasteiger partial charge < -0.3 is 14.2 Å². The lowest BCUT2D eigenvalue weighted by Crippen LogP contribution is -2.41. The molecule has 3 nitrogen and oxygen atoms in total. The average Bonchev–Trinajstić information content (AvgIpc) is 2.25. The van der Waals surface area contributed by atoms with E-state index in [9.17, 15) is 0 Å². The van der Waals surface area contributed by atoms with Gasteiger partial charge in [0.05, 0.1) is 27.4 Å². The van der Waals surface area contributed by atoms with E-state index in [1.165, 1.54) is 0 Å². The van der Waals surface area contributed by atoms with Crippen LogP contribution in [0.25, 0.3) is 0 Å². The van der Waals surface area contributed by atoms with E-state index in [2.05, 4.69) is 0 Å². The van der Waals surface area contributed by atoms with Gasteiger partial charge in [0.2, 0.25) is 0 Å². The second-order valence-electron chi connectivity index (χ2n) is 3.93. The molecule has 4 heteroatoms. The summed E-state index contributed by atoms with van der Waals surface area (Å²) in [7, 11) is 3.29. The van der Waals surface area contributed by atoms with E-state index >= 15 is 0 Å². The van der Waals surface area contributed by atoms with Crippen LogP contribution in [0, 0.1) is 6.92 Å². The van der Waals surface area contributed by atoms with Crippen molar-refractivity contribution in [3.05, 3.63) is 23.3 Å². The third-order valence-electron chi connectivity index (χ3n) is 2.92. The first kappa shape index (κ1) is 11.6. The Morgan fingerprint density at radius 2 is 1.94 bits per heavy atom. The fraction of sp³-hybridized carbons (Fsp3) is 0.500. The minimum atomic E-state index is -0.442. The summed E-state index contributed by atoms with van der Waals surface area (Å²) in [5, 5.41) is 0. The maximum absolute atomic E-state index is 6.44. The van der Waals surface area contributed by atoms with E-state index < -0.39 is 4.87 Å². The van der Waals surface area contributed by atoms with E-state index in [-0.39, 0.29) is 0 Å². The molecule has 1 aromatic rings. The summed E-state index contributed by atoms with van der Waals surface area (Å²) in [6.45, 7) is 3.01. The standard InChI is InChI=1S/C12H15ClO3/c1-8-10(14-2)5-4-9(11(8)15-3)12(13)6-16-7-12/h4-5H,6-7H2,1-3H3. The zero-order valence-corrected chi connectivity index (χ0v) is 10.4. The van der Waals surface area contributed by atoms with Crippen LogP contribution in [0.15, 0.2) is 12.1 Å². The summed E-state index contributed by atoms with van der Waals surface area (Å²) in [6, 6.07) is 3.86. The minimum Gasteiger partial charge on any atom is -0.496 e. The third kappa shape index (κ3) is 1.64. The molecule has 1 saturated heterocycles. The highest BCUT2D eigenvalue weighted by molar-refractivity contribution is 6.25. The van der Waals surface area contributed by atoms with Gasteiger partial charge in [0.1, 0.15) is 16.4 Å². The van der Waals surface area contributed by atoms with Crippen LogP contribution in [0.4, 0.5) is 0 Å². The van der Waals surface area contributed by atoms with Crippen molar-refractivity contribution in [2.24, 2.45) is 0 Å². The lowest BCUT2D eigenvalue weighted by Gasteiger charge is -2.37. The summed E-state index contributed by atoms with van der Waals surface area (Å²) < 4.78 is 15.8. The monoisotopic (exact) mass is 242 g/mol. The molecule has 0 spiro atoms.